The summed E-state index contributed by atoms with van der Waals surface area (Å²) in [7, 11) is -2.21. The monoisotopic (exact) mass is 218 g/mol. The highest BCUT2D eigenvalue weighted by Crippen LogP contribution is 2.63. The van der Waals surface area contributed by atoms with Crippen molar-refractivity contribution >= 4 is 12.4 Å². The molecule has 1 saturated carbocycles. The third-order valence-corrected chi connectivity index (χ3v) is 7.09. The second kappa shape index (κ2) is 3.35. The molecule has 1 nitrogen and oxygen atoms in total. The van der Waals surface area contributed by atoms with Gasteiger partial charge in [-0.05, 0) is 24.6 Å². The average Bonchev–Trinajstić information content (AvgIpc) is 2.85. The Morgan fingerprint density at radius 3 is 2.73 bits per heavy atom. The van der Waals surface area contributed by atoms with Gasteiger partial charge in [0.2, 0.25) is 0 Å². The van der Waals surface area contributed by atoms with Crippen molar-refractivity contribution in [2.45, 2.75) is 24.9 Å². The van der Waals surface area contributed by atoms with Crippen LogP contribution in [0.3, 0.4) is 0 Å². The van der Waals surface area contributed by atoms with Crippen molar-refractivity contribution in [2.75, 3.05) is 0 Å². The maximum absolute atomic E-state index is 12.9. The van der Waals surface area contributed by atoms with Gasteiger partial charge in [0.1, 0.15) is 7.14 Å². The minimum atomic E-state index is -2.21. The summed E-state index contributed by atoms with van der Waals surface area (Å²) in [5.41, 5.74) is 0.417. The molecule has 2 unspecified atom stereocenters. The highest BCUT2D eigenvalue weighted by molar-refractivity contribution is 7.75. The van der Waals surface area contributed by atoms with Crippen LogP contribution in [0.2, 0.25) is 0 Å². The van der Waals surface area contributed by atoms with Gasteiger partial charge in [0.05, 0.1) is 0 Å². The van der Waals surface area contributed by atoms with E-state index in [1.807, 2.05) is 36.1 Å². The third kappa shape index (κ3) is 1.33. The molecule has 0 spiro atoms. The lowest BCUT2D eigenvalue weighted by atomic mass is 10.1. The van der Waals surface area contributed by atoms with Crippen LogP contribution < -0.4 is 5.30 Å². The fourth-order valence-corrected chi connectivity index (χ4v) is 6.23. The lowest BCUT2D eigenvalue weighted by Gasteiger charge is -2.19. The summed E-state index contributed by atoms with van der Waals surface area (Å²) in [6.07, 6.45) is 5.82. The maximum Gasteiger partial charge on any atom is 0.139 e. The van der Waals surface area contributed by atoms with Gasteiger partial charge in [0, 0.05) is 11.0 Å². The normalized spacial score (nSPS) is 38.1. The first-order valence-corrected chi connectivity index (χ1v) is 7.49. The van der Waals surface area contributed by atoms with Crippen molar-refractivity contribution in [2.24, 2.45) is 5.92 Å². The number of hydrogen-bond acceptors (Lipinski definition) is 1. The van der Waals surface area contributed by atoms with Crippen LogP contribution in [0, 0.1) is 5.92 Å². The molecule has 2 aliphatic rings. The summed E-state index contributed by atoms with van der Waals surface area (Å²) in [6, 6.07) is 10.0. The quantitative estimate of drug-likeness (QED) is 0.660. The minimum absolute atomic E-state index is 0.417. The van der Waals surface area contributed by atoms with Gasteiger partial charge in [0.25, 0.3) is 0 Å². The number of fused-ring (bicyclic) bond motifs is 1. The van der Waals surface area contributed by atoms with E-state index < -0.39 is 7.14 Å². The Kier molecular flexibility index (Phi) is 2.10. The molecule has 1 aromatic carbocycles. The zero-order valence-corrected chi connectivity index (χ0v) is 9.57. The fraction of sp³-hybridized carbons (Fsp3) is 0.385. The highest BCUT2D eigenvalue weighted by atomic mass is 31.2. The van der Waals surface area contributed by atoms with Crippen LogP contribution >= 0.6 is 7.14 Å². The van der Waals surface area contributed by atoms with E-state index in [2.05, 4.69) is 6.08 Å². The summed E-state index contributed by atoms with van der Waals surface area (Å²) < 4.78 is 12.9. The molecule has 1 fully saturated rings. The molecule has 0 saturated heterocycles. The molecule has 0 N–H and O–H groups in total. The molecule has 0 radical (unpaired) electrons. The average molecular weight is 218 g/mol. The Bertz CT molecular complexity index is 435. The number of rotatable bonds is 1. The van der Waals surface area contributed by atoms with Gasteiger partial charge in [-0.2, -0.15) is 0 Å². The topological polar surface area (TPSA) is 17.1 Å². The Morgan fingerprint density at radius 2 is 1.93 bits per heavy atom. The highest BCUT2D eigenvalue weighted by Gasteiger charge is 2.43. The minimum Gasteiger partial charge on any atom is -0.314 e. The summed E-state index contributed by atoms with van der Waals surface area (Å²) in [4.78, 5) is 0. The van der Waals surface area contributed by atoms with Crippen LogP contribution in [0.1, 0.15) is 19.3 Å². The molecule has 15 heavy (non-hydrogen) atoms. The first-order chi connectivity index (χ1) is 7.31. The maximum atomic E-state index is 12.9. The molecular weight excluding hydrogens is 203 g/mol. The number of hydrogen-bond donors (Lipinski definition) is 0. The van der Waals surface area contributed by atoms with E-state index in [1.165, 1.54) is 12.8 Å². The van der Waals surface area contributed by atoms with Gasteiger partial charge in [-0.1, -0.05) is 42.8 Å². The molecule has 1 heterocycles. The van der Waals surface area contributed by atoms with Gasteiger partial charge in [-0.25, -0.2) is 0 Å². The van der Waals surface area contributed by atoms with E-state index in [0.717, 1.165) is 11.7 Å². The van der Waals surface area contributed by atoms with Crippen LogP contribution in [-0.4, -0.2) is 5.66 Å². The summed E-state index contributed by atoms with van der Waals surface area (Å²) in [6.45, 7) is 0. The second-order valence-electron chi connectivity index (χ2n) is 4.55. The molecule has 0 aromatic heterocycles. The summed E-state index contributed by atoms with van der Waals surface area (Å²) >= 11 is 0. The van der Waals surface area contributed by atoms with Crippen LogP contribution in [0.4, 0.5) is 0 Å². The predicted octanol–water partition coefficient (Wildman–Crippen LogP) is 3.37. The first kappa shape index (κ1) is 9.42. The number of benzene rings is 1. The smallest absolute Gasteiger partial charge is 0.139 e. The zero-order valence-electron chi connectivity index (χ0n) is 8.67. The van der Waals surface area contributed by atoms with Crippen molar-refractivity contribution in [3.8, 4) is 0 Å². The van der Waals surface area contributed by atoms with Crippen molar-refractivity contribution < 1.29 is 4.57 Å². The van der Waals surface area contributed by atoms with Crippen molar-refractivity contribution in [3.05, 3.63) is 42.2 Å². The summed E-state index contributed by atoms with van der Waals surface area (Å²) in [5.74, 6) is 2.60. The molecule has 3 atom stereocenters. The SMILES string of the molecule is O=[P@]1(c2ccccc2)C=CC2CCCC21. The standard InChI is InChI=1S/C13H15OP/c14-15(12-6-2-1-3-7-12)10-9-11-5-4-8-13(11)15/h1-3,6-7,9-11,13H,4-5,8H2/t11?,13?,15-/m0/s1. The van der Waals surface area contributed by atoms with E-state index >= 15 is 0 Å². The summed E-state index contributed by atoms with van der Waals surface area (Å²) in [5, 5.41) is 1.05. The van der Waals surface area contributed by atoms with Crippen molar-refractivity contribution in [1.82, 2.24) is 0 Å². The third-order valence-electron chi connectivity index (χ3n) is 3.74. The Hall–Kier alpha value is -0.810. The molecular formula is C13H15OP. The van der Waals surface area contributed by atoms with Gasteiger partial charge < -0.3 is 4.57 Å². The van der Waals surface area contributed by atoms with E-state index in [0.29, 0.717) is 11.6 Å². The van der Waals surface area contributed by atoms with Crippen LogP contribution in [0.5, 0.6) is 0 Å². The largest absolute Gasteiger partial charge is 0.314 e. The van der Waals surface area contributed by atoms with Crippen molar-refractivity contribution in [3.63, 3.8) is 0 Å². The Morgan fingerprint density at radius 1 is 1.13 bits per heavy atom. The zero-order chi connectivity index (χ0) is 10.3. The van der Waals surface area contributed by atoms with Gasteiger partial charge >= 0.3 is 0 Å². The lowest BCUT2D eigenvalue weighted by molar-refractivity contribution is 0.571. The number of allylic oxidation sites excluding steroid dienone is 1. The molecule has 0 bridgehead atoms. The van der Waals surface area contributed by atoms with E-state index in [-0.39, 0.29) is 0 Å². The predicted molar refractivity (Wildman–Crippen MR) is 64.0 cm³/mol. The second-order valence-corrected chi connectivity index (χ2v) is 7.45. The molecule has 1 aromatic rings. The molecule has 1 aliphatic carbocycles. The Balaban J connectivity index is 2.05. The van der Waals surface area contributed by atoms with Crippen LogP contribution in [0.25, 0.3) is 0 Å². The molecule has 3 rings (SSSR count). The van der Waals surface area contributed by atoms with Crippen LogP contribution in [-0.2, 0) is 4.57 Å². The van der Waals surface area contributed by atoms with Gasteiger partial charge in [-0.3, -0.25) is 0 Å². The van der Waals surface area contributed by atoms with E-state index in [4.69, 9.17) is 0 Å². The van der Waals surface area contributed by atoms with Gasteiger partial charge in [0.15, 0.2) is 0 Å². The molecule has 78 valence electrons. The van der Waals surface area contributed by atoms with Gasteiger partial charge in [-0.15, -0.1) is 0 Å². The van der Waals surface area contributed by atoms with E-state index in [9.17, 15) is 4.57 Å². The molecule has 0 amide bonds. The van der Waals surface area contributed by atoms with E-state index in [1.54, 1.807) is 0 Å². The van der Waals surface area contributed by atoms with Crippen LogP contribution in [0.15, 0.2) is 42.2 Å². The fourth-order valence-electron chi connectivity index (χ4n) is 2.96. The molecule has 2 heteroatoms. The lowest BCUT2D eigenvalue weighted by Crippen LogP contribution is -2.14. The Labute approximate surface area is 90.6 Å². The van der Waals surface area contributed by atoms with Crippen molar-refractivity contribution in [1.29, 1.82) is 0 Å². The molecule has 1 aliphatic heterocycles. The first-order valence-electron chi connectivity index (χ1n) is 5.65.